The van der Waals surface area contributed by atoms with Crippen molar-refractivity contribution in [2.45, 2.75) is 38.8 Å². The molecule has 118 valence electrons. The molecule has 3 saturated heterocycles. The summed E-state index contributed by atoms with van der Waals surface area (Å²) >= 11 is 0. The Kier molecular flexibility index (Phi) is 5.84. The summed E-state index contributed by atoms with van der Waals surface area (Å²) in [6, 6.07) is 0.983. The molecular weight excluding hydrogens is 274 g/mol. The van der Waals surface area contributed by atoms with E-state index >= 15 is 0 Å². The lowest BCUT2D eigenvalue weighted by Gasteiger charge is -2.50. The van der Waals surface area contributed by atoms with Crippen LogP contribution in [0.15, 0.2) is 0 Å². The summed E-state index contributed by atoms with van der Waals surface area (Å²) in [5.74, 6) is 0.601. The predicted molar refractivity (Wildman–Crippen MR) is 82.8 cm³/mol. The van der Waals surface area contributed by atoms with E-state index in [1.54, 1.807) is 6.92 Å². The molecule has 5 nitrogen and oxygen atoms in total. The van der Waals surface area contributed by atoms with Crippen molar-refractivity contribution in [3.8, 4) is 0 Å². The van der Waals surface area contributed by atoms with Gasteiger partial charge in [0.05, 0.1) is 5.75 Å². The number of fused-ring (bicyclic) bond motifs is 3. The van der Waals surface area contributed by atoms with Crippen molar-refractivity contribution in [1.29, 1.82) is 0 Å². The Hall–Kier alpha value is -0.170. The number of nitrogens with zero attached hydrogens (tertiary/aromatic N) is 2. The minimum Gasteiger partial charge on any atom is -0.313 e. The Morgan fingerprint density at radius 3 is 2.40 bits per heavy atom. The highest BCUT2D eigenvalue weighted by molar-refractivity contribution is 7.91. The lowest BCUT2D eigenvalue weighted by Crippen LogP contribution is -2.66. The molecule has 1 N–H and O–H groups in total. The van der Waals surface area contributed by atoms with Crippen molar-refractivity contribution < 1.29 is 8.42 Å². The number of likely N-dealkylation sites (N-methyl/N-ethyl adjacent to an activating group) is 1. The second kappa shape index (κ2) is 7.20. The van der Waals surface area contributed by atoms with E-state index in [2.05, 4.69) is 22.0 Å². The van der Waals surface area contributed by atoms with Crippen LogP contribution < -0.4 is 5.32 Å². The molecule has 0 spiro atoms. The molecule has 0 aromatic heterocycles. The van der Waals surface area contributed by atoms with Gasteiger partial charge in [0.2, 0.25) is 0 Å². The van der Waals surface area contributed by atoms with E-state index in [0.717, 1.165) is 25.9 Å². The number of hydrogen-bond acceptors (Lipinski definition) is 5. The van der Waals surface area contributed by atoms with Crippen LogP contribution in [-0.4, -0.2) is 81.1 Å². The normalized spacial score (nSPS) is 31.4. The highest BCUT2D eigenvalue weighted by Crippen LogP contribution is 2.20. The molecule has 6 heteroatoms. The zero-order valence-electron chi connectivity index (χ0n) is 12.8. The largest absolute Gasteiger partial charge is 0.313 e. The lowest BCUT2D eigenvalue weighted by atomic mass is 9.96. The fourth-order valence-electron chi connectivity index (χ4n) is 3.40. The van der Waals surface area contributed by atoms with Crippen LogP contribution in [0.25, 0.3) is 0 Å². The molecule has 3 fully saturated rings. The van der Waals surface area contributed by atoms with Crippen LogP contribution in [0.3, 0.4) is 0 Å². The average Bonchev–Trinajstić information content (AvgIpc) is 2.47. The molecule has 3 aliphatic rings. The van der Waals surface area contributed by atoms with Crippen LogP contribution in [0.1, 0.15) is 26.7 Å². The van der Waals surface area contributed by atoms with Gasteiger partial charge in [-0.2, -0.15) is 0 Å². The fourth-order valence-corrected chi connectivity index (χ4v) is 4.29. The number of hydrogen-bond donors (Lipinski definition) is 1. The average molecular weight is 303 g/mol. The Balaban J connectivity index is 1.87. The standard InChI is InChI=1S/C14H29N3O2S/c1-3-15-13(6-5-11-20(18,19)4-2)14-12-16-7-9-17(14)10-8-16/h13-15H,3-12H2,1-2H3. The summed E-state index contributed by atoms with van der Waals surface area (Å²) in [5.41, 5.74) is 0. The number of sulfone groups is 1. The number of rotatable bonds is 8. The van der Waals surface area contributed by atoms with Gasteiger partial charge in [0.1, 0.15) is 9.84 Å². The summed E-state index contributed by atoms with van der Waals surface area (Å²) in [6.07, 6.45) is 1.74. The van der Waals surface area contributed by atoms with E-state index in [1.165, 1.54) is 26.2 Å². The third-order valence-corrected chi connectivity index (χ3v) is 6.45. The summed E-state index contributed by atoms with van der Waals surface area (Å²) in [7, 11) is -2.82. The zero-order valence-corrected chi connectivity index (χ0v) is 13.7. The van der Waals surface area contributed by atoms with Gasteiger partial charge in [0.25, 0.3) is 0 Å². The fraction of sp³-hybridized carbons (Fsp3) is 1.00. The van der Waals surface area contributed by atoms with Crippen LogP contribution in [0.4, 0.5) is 0 Å². The highest BCUT2D eigenvalue weighted by Gasteiger charge is 2.36. The molecule has 3 rings (SSSR count). The van der Waals surface area contributed by atoms with E-state index < -0.39 is 9.84 Å². The molecule has 0 aliphatic carbocycles. The second-order valence-electron chi connectivity index (χ2n) is 5.95. The molecule has 2 unspecified atom stereocenters. The smallest absolute Gasteiger partial charge is 0.150 e. The molecule has 3 aliphatic heterocycles. The Morgan fingerprint density at radius 2 is 1.90 bits per heavy atom. The van der Waals surface area contributed by atoms with Crippen molar-refractivity contribution in [3.63, 3.8) is 0 Å². The monoisotopic (exact) mass is 303 g/mol. The molecule has 2 bridgehead atoms. The second-order valence-corrected chi connectivity index (χ2v) is 8.42. The third-order valence-electron chi connectivity index (χ3n) is 4.66. The summed E-state index contributed by atoms with van der Waals surface area (Å²) < 4.78 is 23.2. The van der Waals surface area contributed by atoms with E-state index in [4.69, 9.17) is 0 Å². The van der Waals surface area contributed by atoms with Crippen molar-refractivity contribution >= 4 is 9.84 Å². The summed E-state index contributed by atoms with van der Waals surface area (Å²) in [6.45, 7) is 10.7. The molecule has 0 aromatic carbocycles. The maximum absolute atomic E-state index is 11.6. The molecular formula is C14H29N3O2S. The first-order valence-corrected chi connectivity index (χ1v) is 9.78. The van der Waals surface area contributed by atoms with Gasteiger partial charge in [-0.05, 0) is 19.4 Å². The van der Waals surface area contributed by atoms with Gasteiger partial charge >= 0.3 is 0 Å². The molecule has 0 saturated carbocycles. The Labute approximate surface area is 123 Å². The SMILES string of the molecule is CCNC(CCCS(=O)(=O)CC)C1CN2CCN1CC2. The number of nitrogens with one attached hydrogen (secondary N) is 1. The first-order valence-electron chi connectivity index (χ1n) is 7.96. The van der Waals surface area contributed by atoms with Gasteiger partial charge in [0.15, 0.2) is 0 Å². The van der Waals surface area contributed by atoms with E-state index in [9.17, 15) is 8.42 Å². The summed E-state index contributed by atoms with van der Waals surface area (Å²) in [4.78, 5) is 5.12. The maximum Gasteiger partial charge on any atom is 0.150 e. The Bertz CT molecular complexity index is 391. The van der Waals surface area contributed by atoms with Crippen LogP contribution >= 0.6 is 0 Å². The van der Waals surface area contributed by atoms with Gasteiger partial charge in [-0.1, -0.05) is 13.8 Å². The van der Waals surface area contributed by atoms with Crippen molar-refractivity contribution in [3.05, 3.63) is 0 Å². The third kappa shape index (κ3) is 4.16. The van der Waals surface area contributed by atoms with Gasteiger partial charge < -0.3 is 5.32 Å². The molecule has 0 amide bonds. The molecule has 0 aromatic rings. The van der Waals surface area contributed by atoms with Crippen LogP contribution in [0, 0.1) is 0 Å². The highest BCUT2D eigenvalue weighted by atomic mass is 32.2. The molecule has 20 heavy (non-hydrogen) atoms. The zero-order chi connectivity index (χ0) is 14.6. The quantitative estimate of drug-likeness (QED) is 0.693. The van der Waals surface area contributed by atoms with Crippen LogP contribution in [0.2, 0.25) is 0 Å². The Morgan fingerprint density at radius 1 is 1.20 bits per heavy atom. The predicted octanol–water partition coefficient (Wildman–Crippen LogP) is 0.179. The van der Waals surface area contributed by atoms with Gasteiger partial charge in [0, 0.05) is 50.6 Å². The van der Waals surface area contributed by atoms with Crippen LogP contribution in [-0.2, 0) is 9.84 Å². The van der Waals surface area contributed by atoms with E-state index in [-0.39, 0.29) is 5.75 Å². The van der Waals surface area contributed by atoms with E-state index in [0.29, 0.717) is 17.8 Å². The van der Waals surface area contributed by atoms with Gasteiger partial charge in [-0.25, -0.2) is 8.42 Å². The van der Waals surface area contributed by atoms with Crippen LogP contribution in [0.5, 0.6) is 0 Å². The molecule has 0 radical (unpaired) electrons. The first kappa shape index (κ1) is 16.2. The van der Waals surface area contributed by atoms with Gasteiger partial charge in [-0.15, -0.1) is 0 Å². The topological polar surface area (TPSA) is 52.7 Å². The van der Waals surface area contributed by atoms with Crippen molar-refractivity contribution in [2.75, 3.05) is 50.8 Å². The number of piperazine rings is 3. The minimum atomic E-state index is -2.82. The molecule has 3 heterocycles. The maximum atomic E-state index is 11.6. The van der Waals surface area contributed by atoms with E-state index in [1.807, 2.05) is 0 Å². The minimum absolute atomic E-state index is 0.266. The van der Waals surface area contributed by atoms with Crippen molar-refractivity contribution in [1.82, 2.24) is 15.1 Å². The van der Waals surface area contributed by atoms with Gasteiger partial charge in [-0.3, -0.25) is 9.80 Å². The molecule has 2 atom stereocenters. The summed E-state index contributed by atoms with van der Waals surface area (Å²) in [5, 5.41) is 3.58. The van der Waals surface area contributed by atoms with Crippen molar-refractivity contribution in [2.24, 2.45) is 0 Å². The lowest BCUT2D eigenvalue weighted by molar-refractivity contribution is -0.00428. The first-order chi connectivity index (χ1) is 9.55.